The molecule has 0 saturated carbocycles. The van der Waals surface area contributed by atoms with Crippen LogP contribution in [-0.2, 0) is 28.8 Å². The van der Waals surface area contributed by atoms with Gasteiger partial charge < -0.3 is 15.2 Å². The van der Waals surface area contributed by atoms with E-state index in [9.17, 15) is 14.7 Å². The van der Waals surface area contributed by atoms with Gasteiger partial charge in [-0.1, -0.05) is 35.3 Å². The van der Waals surface area contributed by atoms with E-state index in [4.69, 9.17) is 32.9 Å². The summed E-state index contributed by atoms with van der Waals surface area (Å²) in [6.45, 7) is 0.756. The number of halogens is 2. The Morgan fingerprint density at radius 1 is 1.06 bits per heavy atom. The molecule has 3 rings (SSSR count). The second-order valence-corrected chi connectivity index (χ2v) is 8.75. The van der Waals surface area contributed by atoms with Gasteiger partial charge in [0, 0.05) is 31.0 Å². The van der Waals surface area contributed by atoms with E-state index in [0.717, 1.165) is 37.8 Å². The molecular formula is C24H28Cl2N2O4. The first kappa shape index (κ1) is 24.5. The first-order valence-corrected chi connectivity index (χ1v) is 11.7. The van der Waals surface area contributed by atoms with E-state index in [-0.39, 0.29) is 28.6 Å². The SMILES string of the molecule is O=C(N[C@H](CCOCCCCc1ccc2c(n1)CCCC2)C(=O)O)c1c(Cl)cccc1Cl. The number of pyridine rings is 1. The smallest absolute Gasteiger partial charge is 0.326 e. The zero-order valence-corrected chi connectivity index (χ0v) is 19.4. The van der Waals surface area contributed by atoms with E-state index in [1.165, 1.54) is 36.2 Å². The third kappa shape index (κ3) is 6.92. The number of carbonyl (C=O) groups excluding carboxylic acids is 1. The fourth-order valence-electron chi connectivity index (χ4n) is 3.78. The molecule has 0 fully saturated rings. The lowest BCUT2D eigenvalue weighted by atomic mass is 9.95. The van der Waals surface area contributed by atoms with Crippen molar-refractivity contribution in [3.63, 3.8) is 0 Å². The van der Waals surface area contributed by atoms with Gasteiger partial charge in [0.25, 0.3) is 5.91 Å². The lowest BCUT2D eigenvalue weighted by Gasteiger charge is -2.16. The molecule has 1 aliphatic carbocycles. The van der Waals surface area contributed by atoms with Crippen molar-refractivity contribution in [2.75, 3.05) is 13.2 Å². The normalized spacial score (nSPS) is 13.9. The number of aromatic nitrogens is 1. The van der Waals surface area contributed by atoms with Crippen LogP contribution >= 0.6 is 23.2 Å². The van der Waals surface area contributed by atoms with Crippen molar-refractivity contribution in [2.24, 2.45) is 0 Å². The quantitative estimate of drug-likeness (QED) is 0.449. The molecule has 172 valence electrons. The molecule has 1 atom stereocenters. The average Bonchev–Trinajstić information content (AvgIpc) is 2.77. The largest absolute Gasteiger partial charge is 0.480 e. The number of carboxylic acid groups (broad SMARTS) is 1. The van der Waals surface area contributed by atoms with Crippen LogP contribution in [0.4, 0.5) is 0 Å². The van der Waals surface area contributed by atoms with Crippen LogP contribution in [0.3, 0.4) is 0 Å². The zero-order chi connectivity index (χ0) is 22.9. The van der Waals surface area contributed by atoms with Crippen LogP contribution in [-0.4, -0.2) is 41.2 Å². The first-order valence-electron chi connectivity index (χ1n) is 11.0. The average molecular weight is 479 g/mol. The van der Waals surface area contributed by atoms with Gasteiger partial charge in [-0.2, -0.15) is 0 Å². The highest BCUT2D eigenvalue weighted by molar-refractivity contribution is 6.39. The molecule has 8 heteroatoms. The molecular weight excluding hydrogens is 451 g/mol. The maximum Gasteiger partial charge on any atom is 0.326 e. The molecule has 1 heterocycles. The summed E-state index contributed by atoms with van der Waals surface area (Å²) in [5, 5.41) is 12.2. The van der Waals surface area contributed by atoms with Crippen LogP contribution in [0.5, 0.6) is 0 Å². The molecule has 0 unspecified atom stereocenters. The van der Waals surface area contributed by atoms with Crippen LogP contribution in [0.2, 0.25) is 10.0 Å². The number of nitrogens with zero attached hydrogens (tertiary/aromatic N) is 1. The predicted octanol–water partition coefficient (Wildman–Crippen LogP) is 4.88. The Bertz CT molecular complexity index is 931. The Kier molecular flexibility index (Phi) is 9.33. The minimum atomic E-state index is -1.14. The fourth-order valence-corrected chi connectivity index (χ4v) is 4.35. The molecule has 0 aliphatic heterocycles. The number of hydrogen-bond donors (Lipinski definition) is 2. The zero-order valence-electron chi connectivity index (χ0n) is 17.9. The van der Waals surface area contributed by atoms with Crippen molar-refractivity contribution in [1.29, 1.82) is 0 Å². The molecule has 2 aromatic rings. The van der Waals surface area contributed by atoms with Gasteiger partial charge in [0.05, 0.1) is 15.6 Å². The number of amides is 1. The number of fused-ring (bicyclic) bond motifs is 1. The summed E-state index contributed by atoms with van der Waals surface area (Å²) >= 11 is 12.0. The summed E-state index contributed by atoms with van der Waals surface area (Å²) in [7, 11) is 0. The highest BCUT2D eigenvalue weighted by atomic mass is 35.5. The van der Waals surface area contributed by atoms with Crippen LogP contribution in [0.15, 0.2) is 30.3 Å². The monoisotopic (exact) mass is 478 g/mol. The highest BCUT2D eigenvalue weighted by Gasteiger charge is 2.23. The van der Waals surface area contributed by atoms with Crippen LogP contribution in [0.25, 0.3) is 0 Å². The predicted molar refractivity (Wildman–Crippen MR) is 125 cm³/mol. The molecule has 1 aliphatic rings. The summed E-state index contributed by atoms with van der Waals surface area (Å²) in [5.41, 5.74) is 3.83. The Balaban J connectivity index is 1.36. The van der Waals surface area contributed by atoms with E-state index < -0.39 is 17.9 Å². The summed E-state index contributed by atoms with van der Waals surface area (Å²) in [6.07, 6.45) is 7.56. The molecule has 0 spiro atoms. The molecule has 0 bridgehead atoms. The molecule has 1 aromatic carbocycles. The first-order chi connectivity index (χ1) is 15.5. The van der Waals surface area contributed by atoms with Crippen molar-refractivity contribution < 1.29 is 19.4 Å². The van der Waals surface area contributed by atoms with Gasteiger partial charge in [-0.25, -0.2) is 4.79 Å². The van der Waals surface area contributed by atoms with E-state index in [2.05, 4.69) is 17.4 Å². The van der Waals surface area contributed by atoms with Crippen molar-refractivity contribution in [3.8, 4) is 0 Å². The number of ether oxygens (including phenoxy) is 1. The third-order valence-electron chi connectivity index (χ3n) is 5.55. The molecule has 1 amide bonds. The van der Waals surface area contributed by atoms with Gasteiger partial charge in [-0.05, 0) is 68.7 Å². The van der Waals surface area contributed by atoms with Crippen molar-refractivity contribution in [3.05, 3.63) is 62.9 Å². The summed E-state index contributed by atoms with van der Waals surface area (Å²) in [5.74, 6) is -1.76. The summed E-state index contributed by atoms with van der Waals surface area (Å²) < 4.78 is 5.59. The lowest BCUT2D eigenvalue weighted by Crippen LogP contribution is -2.41. The molecule has 6 nitrogen and oxygen atoms in total. The Morgan fingerprint density at radius 3 is 2.56 bits per heavy atom. The highest BCUT2D eigenvalue weighted by Crippen LogP contribution is 2.24. The van der Waals surface area contributed by atoms with Gasteiger partial charge in [0.15, 0.2) is 0 Å². The lowest BCUT2D eigenvalue weighted by molar-refractivity contribution is -0.139. The summed E-state index contributed by atoms with van der Waals surface area (Å²) in [4.78, 5) is 28.7. The number of hydrogen-bond acceptors (Lipinski definition) is 4. The third-order valence-corrected chi connectivity index (χ3v) is 6.18. The van der Waals surface area contributed by atoms with Crippen molar-refractivity contribution >= 4 is 35.1 Å². The second-order valence-electron chi connectivity index (χ2n) is 7.93. The van der Waals surface area contributed by atoms with E-state index in [1.54, 1.807) is 6.07 Å². The van der Waals surface area contributed by atoms with E-state index in [0.29, 0.717) is 6.61 Å². The van der Waals surface area contributed by atoms with Gasteiger partial charge in [0.2, 0.25) is 0 Å². The Morgan fingerprint density at radius 2 is 1.81 bits per heavy atom. The number of aryl methyl sites for hydroxylation is 3. The number of carboxylic acids is 1. The number of aliphatic carboxylic acids is 1. The van der Waals surface area contributed by atoms with E-state index in [1.807, 2.05) is 0 Å². The van der Waals surface area contributed by atoms with Crippen molar-refractivity contribution in [2.45, 2.75) is 57.4 Å². The minimum absolute atomic E-state index is 0.0683. The molecule has 1 aromatic heterocycles. The van der Waals surface area contributed by atoms with Gasteiger partial charge in [-0.15, -0.1) is 0 Å². The van der Waals surface area contributed by atoms with Crippen molar-refractivity contribution in [1.82, 2.24) is 10.3 Å². The number of unbranched alkanes of at least 4 members (excludes halogenated alkanes) is 1. The van der Waals surface area contributed by atoms with Crippen LogP contribution < -0.4 is 5.32 Å². The molecule has 0 saturated heterocycles. The Labute approximate surface area is 198 Å². The molecule has 32 heavy (non-hydrogen) atoms. The number of rotatable bonds is 11. The maximum atomic E-state index is 12.4. The second kappa shape index (κ2) is 12.2. The fraction of sp³-hybridized carbons (Fsp3) is 0.458. The maximum absolute atomic E-state index is 12.4. The minimum Gasteiger partial charge on any atom is -0.480 e. The van der Waals surface area contributed by atoms with Crippen LogP contribution in [0.1, 0.15) is 59.4 Å². The Hall–Kier alpha value is -2.15. The number of benzene rings is 1. The number of carbonyl (C=O) groups is 2. The van der Waals surface area contributed by atoms with Crippen LogP contribution in [0, 0.1) is 0 Å². The number of nitrogens with one attached hydrogen (secondary N) is 1. The van der Waals surface area contributed by atoms with Gasteiger partial charge in [0.1, 0.15) is 6.04 Å². The standard InChI is InChI=1S/C24H28Cl2N2O4/c25-18-8-5-9-19(26)22(18)23(29)28-21(24(30)31)13-15-32-14-4-3-7-17-12-11-16-6-1-2-10-20(16)27-17/h5,8-9,11-12,21H,1-4,6-7,10,13-15H2,(H,28,29)(H,30,31)/t21-/m1/s1. The molecule has 0 radical (unpaired) electrons. The topological polar surface area (TPSA) is 88.5 Å². The summed E-state index contributed by atoms with van der Waals surface area (Å²) in [6, 6.07) is 7.92. The van der Waals surface area contributed by atoms with Gasteiger partial charge >= 0.3 is 5.97 Å². The molecule has 2 N–H and O–H groups in total. The van der Waals surface area contributed by atoms with E-state index >= 15 is 0 Å². The van der Waals surface area contributed by atoms with Gasteiger partial charge in [-0.3, -0.25) is 9.78 Å².